The molecular formula is C45H82O8. The van der Waals surface area contributed by atoms with E-state index in [1.807, 2.05) is 6.92 Å². The minimum atomic E-state index is -1.49. The monoisotopic (exact) mass is 751 g/mol. The van der Waals surface area contributed by atoms with Crippen LogP contribution in [0.25, 0.3) is 0 Å². The van der Waals surface area contributed by atoms with Gasteiger partial charge in [-0.15, -0.1) is 0 Å². The van der Waals surface area contributed by atoms with Crippen LogP contribution >= 0.6 is 0 Å². The quantitative estimate of drug-likeness (QED) is 0.0287. The highest BCUT2D eigenvalue weighted by molar-refractivity contribution is 5.69. The number of carbonyl (C=O) groups excluding carboxylic acids is 1. The van der Waals surface area contributed by atoms with E-state index >= 15 is 0 Å². The number of carbonyl (C=O) groups is 1. The largest absolute Gasteiger partial charge is 0.463 e. The Balaban J connectivity index is 2.35. The van der Waals surface area contributed by atoms with E-state index in [1.54, 1.807) is 0 Å². The molecule has 1 heterocycles. The van der Waals surface area contributed by atoms with Gasteiger partial charge in [-0.25, -0.2) is 0 Å². The first-order valence-corrected chi connectivity index (χ1v) is 21.9. The Hall–Kier alpha value is -1.55. The van der Waals surface area contributed by atoms with Gasteiger partial charge < -0.3 is 34.6 Å². The molecule has 1 rings (SSSR count). The van der Waals surface area contributed by atoms with E-state index in [0.717, 1.165) is 77.0 Å². The molecule has 0 aromatic heterocycles. The first kappa shape index (κ1) is 49.5. The number of aliphatic hydroxyl groups is 4. The van der Waals surface area contributed by atoms with Gasteiger partial charge in [0.2, 0.25) is 0 Å². The number of hydrogen-bond donors (Lipinski definition) is 4. The molecule has 1 aliphatic heterocycles. The normalized spacial score (nSPS) is 22.0. The first-order valence-electron chi connectivity index (χ1n) is 21.9. The Morgan fingerprint density at radius 2 is 1.15 bits per heavy atom. The molecule has 0 aromatic rings. The van der Waals surface area contributed by atoms with Crippen molar-refractivity contribution >= 4 is 5.97 Å². The molecule has 8 heteroatoms. The van der Waals surface area contributed by atoms with Crippen molar-refractivity contribution in [3.63, 3.8) is 0 Å². The molecule has 3 unspecified atom stereocenters. The third-order valence-electron chi connectivity index (χ3n) is 10.3. The van der Waals surface area contributed by atoms with Crippen molar-refractivity contribution in [1.82, 2.24) is 0 Å². The molecule has 0 saturated carbocycles. The van der Waals surface area contributed by atoms with Gasteiger partial charge in [-0.1, -0.05) is 166 Å². The van der Waals surface area contributed by atoms with Crippen LogP contribution in [-0.4, -0.2) is 75.9 Å². The molecule has 1 saturated heterocycles. The summed E-state index contributed by atoms with van der Waals surface area (Å²) in [5, 5.41) is 40.7. The van der Waals surface area contributed by atoms with Gasteiger partial charge in [0.15, 0.2) is 6.29 Å². The summed E-state index contributed by atoms with van der Waals surface area (Å²) in [5.74, 6) is -0.211. The van der Waals surface area contributed by atoms with Crippen molar-refractivity contribution in [2.75, 3.05) is 6.61 Å². The summed E-state index contributed by atoms with van der Waals surface area (Å²) >= 11 is 0. The lowest BCUT2D eigenvalue weighted by Crippen LogP contribution is -2.59. The number of ether oxygens (including phenoxy) is 3. The van der Waals surface area contributed by atoms with Gasteiger partial charge in [-0.2, -0.15) is 0 Å². The van der Waals surface area contributed by atoms with Gasteiger partial charge in [-0.3, -0.25) is 4.79 Å². The van der Waals surface area contributed by atoms with Crippen LogP contribution in [-0.2, 0) is 19.0 Å². The zero-order valence-corrected chi connectivity index (χ0v) is 34.2. The third kappa shape index (κ3) is 26.8. The Bertz CT molecular complexity index is 918. The smallest absolute Gasteiger partial charge is 0.306 e. The molecule has 0 radical (unpaired) electrons. The lowest BCUT2D eigenvalue weighted by atomic mass is 9.98. The highest BCUT2D eigenvalue weighted by Crippen LogP contribution is 2.26. The predicted molar refractivity (Wildman–Crippen MR) is 218 cm³/mol. The third-order valence-corrected chi connectivity index (χ3v) is 10.3. The molecule has 310 valence electrons. The maximum atomic E-state index is 12.6. The van der Waals surface area contributed by atoms with Crippen molar-refractivity contribution in [3.8, 4) is 0 Å². The van der Waals surface area contributed by atoms with Crippen LogP contribution < -0.4 is 0 Å². The Labute approximate surface area is 324 Å². The maximum Gasteiger partial charge on any atom is 0.306 e. The molecular weight excluding hydrogens is 668 g/mol. The van der Waals surface area contributed by atoms with Crippen LogP contribution in [0.2, 0.25) is 0 Å². The van der Waals surface area contributed by atoms with E-state index in [0.29, 0.717) is 19.3 Å². The number of aliphatic hydroxyl groups excluding tert-OH is 4. The van der Waals surface area contributed by atoms with Crippen molar-refractivity contribution in [3.05, 3.63) is 36.5 Å². The van der Waals surface area contributed by atoms with E-state index in [2.05, 4.69) is 50.3 Å². The summed E-state index contributed by atoms with van der Waals surface area (Å²) in [6, 6.07) is 0. The Morgan fingerprint density at radius 1 is 0.642 bits per heavy atom. The summed E-state index contributed by atoms with van der Waals surface area (Å²) in [4.78, 5) is 12.6. The Kier molecular flexibility index (Phi) is 32.6. The zero-order valence-electron chi connectivity index (χ0n) is 34.2. The van der Waals surface area contributed by atoms with E-state index in [-0.39, 0.29) is 18.2 Å². The van der Waals surface area contributed by atoms with Crippen LogP contribution in [0.4, 0.5) is 0 Å². The Morgan fingerprint density at radius 3 is 1.72 bits per heavy atom. The summed E-state index contributed by atoms with van der Waals surface area (Å²) in [5.41, 5.74) is 0. The van der Waals surface area contributed by atoms with Crippen LogP contribution in [0.1, 0.15) is 194 Å². The standard InChI is InChI=1S/C45H82O8/c1-4-6-8-10-12-14-16-18-20-22-24-26-28-30-32-34-39(52-45-44(50)43(49)42(48)40(37-46)53-45)36-38(3)51-41(47)35-33-31-29-27-25-23-21-19-17-15-13-11-9-7-5-2/h7,9,13,15,19,21,38-40,42-46,48-50H,4-6,8,10-12,14,16-18,20,22-37H2,1-3H3/b9-7-,15-13-,21-19-/t38?,39?,40-,42-,43+,44-,45?/m1/s1. The molecule has 8 nitrogen and oxygen atoms in total. The number of esters is 1. The van der Waals surface area contributed by atoms with E-state index in [9.17, 15) is 25.2 Å². The fourth-order valence-electron chi connectivity index (χ4n) is 6.94. The second-order valence-corrected chi connectivity index (χ2v) is 15.3. The van der Waals surface area contributed by atoms with Crippen molar-refractivity contribution in [1.29, 1.82) is 0 Å². The molecule has 0 bridgehead atoms. The van der Waals surface area contributed by atoms with E-state index in [1.165, 1.54) is 77.0 Å². The maximum absolute atomic E-state index is 12.6. The van der Waals surface area contributed by atoms with Crippen LogP contribution in [0.5, 0.6) is 0 Å². The van der Waals surface area contributed by atoms with Crippen LogP contribution in [0, 0.1) is 0 Å². The topological polar surface area (TPSA) is 126 Å². The van der Waals surface area contributed by atoms with Gasteiger partial charge in [0.25, 0.3) is 0 Å². The SMILES string of the molecule is CC/C=C\C/C=C\C/C=C\CCCCCCCC(=O)OC(C)CC(CCCCCCCCCCCCCCCCC)OC1O[C@H](CO)[C@@H](O)[C@H](O)[C@H]1O. The van der Waals surface area contributed by atoms with Gasteiger partial charge >= 0.3 is 5.97 Å². The number of rotatable bonds is 35. The molecule has 0 spiro atoms. The minimum absolute atomic E-state index is 0.211. The second-order valence-electron chi connectivity index (χ2n) is 15.3. The fourth-order valence-corrected chi connectivity index (χ4v) is 6.94. The van der Waals surface area contributed by atoms with E-state index in [4.69, 9.17) is 14.2 Å². The summed E-state index contributed by atoms with van der Waals surface area (Å²) in [6.07, 6.45) is 36.1. The van der Waals surface area contributed by atoms with Crippen LogP contribution in [0.3, 0.4) is 0 Å². The lowest BCUT2D eigenvalue weighted by Gasteiger charge is -2.41. The number of unbranched alkanes of at least 4 members (excludes halogenated alkanes) is 19. The molecule has 7 atom stereocenters. The van der Waals surface area contributed by atoms with Crippen molar-refractivity contribution in [2.24, 2.45) is 0 Å². The average Bonchev–Trinajstić information content (AvgIpc) is 3.14. The number of hydrogen-bond acceptors (Lipinski definition) is 8. The zero-order chi connectivity index (χ0) is 38.8. The van der Waals surface area contributed by atoms with Gasteiger partial charge in [0.05, 0.1) is 12.7 Å². The molecule has 0 amide bonds. The van der Waals surface area contributed by atoms with E-state index < -0.39 is 37.3 Å². The van der Waals surface area contributed by atoms with Gasteiger partial charge in [0.1, 0.15) is 30.5 Å². The second kappa shape index (κ2) is 34.9. The lowest BCUT2D eigenvalue weighted by molar-refractivity contribution is -0.313. The minimum Gasteiger partial charge on any atom is -0.463 e. The van der Waals surface area contributed by atoms with Crippen molar-refractivity contribution < 1.29 is 39.4 Å². The number of allylic oxidation sites excluding steroid dienone is 6. The van der Waals surface area contributed by atoms with Gasteiger partial charge in [-0.05, 0) is 51.9 Å². The predicted octanol–water partition coefficient (Wildman–Crippen LogP) is 10.3. The highest BCUT2D eigenvalue weighted by atomic mass is 16.7. The molecule has 1 aliphatic rings. The first-order chi connectivity index (χ1) is 25.8. The molecule has 53 heavy (non-hydrogen) atoms. The molecule has 1 fully saturated rings. The molecule has 4 N–H and O–H groups in total. The molecule has 0 aromatic carbocycles. The van der Waals surface area contributed by atoms with Crippen LogP contribution in [0.15, 0.2) is 36.5 Å². The molecule has 0 aliphatic carbocycles. The highest BCUT2D eigenvalue weighted by Gasteiger charge is 2.44. The summed E-state index contributed by atoms with van der Waals surface area (Å²) < 4.78 is 17.6. The van der Waals surface area contributed by atoms with Crippen molar-refractivity contribution in [2.45, 2.75) is 237 Å². The average molecular weight is 751 g/mol. The summed E-state index contributed by atoms with van der Waals surface area (Å²) in [7, 11) is 0. The fraction of sp³-hybridized carbons (Fsp3) is 0.844. The summed E-state index contributed by atoms with van der Waals surface area (Å²) in [6.45, 7) is 5.77. The van der Waals surface area contributed by atoms with Gasteiger partial charge in [0, 0.05) is 12.8 Å².